The van der Waals surface area contributed by atoms with Crippen LogP contribution in [0.5, 0.6) is 5.75 Å². The average Bonchev–Trinajstić information content (AvgIpc) is 2.46. The molecule has 0 aromatic heterocycles. The zero-order chi connectivity index (χ0) is 14.7. The van der Waals surface area contributed by atoms with E-state index in [1.807, 2.05) is 14.0 Å². The Morgan fingerprint density at radius 3 is 2.40 bits per heavy atom. The topological polar surface area (TPSA) is 21.3 Å². The van der Waals surface area contributed by atoms with Gasteiger partial charge in [-0.1, -0.05) is 6.07 Å². The summed E-state index contributed by atoms with van der Waals surface area (Å²) < 4.78 is 32.7. The summed E-state index contributed by atoms with van der Waals surface area (Å²) in [6.45, 7) is 1.94. The second-order valence-electron chi connectivity index (χ2n) is 4.59. The van der Waals surface area contributed by atoms with E-state index in [0.717, 1.165) is 5.56 Å². The number of nitrogens with one attached hydrogen (secondary N) is 1. The van der Waals surface area contributed by atoms with Gasteiger partial charge in [-0.05, 0) is 49.4 Å². The van der Waals surface area contributed by atoms with Gasteiger partial charge < -0.3 is 10.1 Å². The van der Waals surface area contributed by atoms with Crippen molar-refractivity contribution in [1.29, 1.82) is 0 Å². The number of hydrogen-bond donors (Lipinski definition) is 1. The van der Waals surface area contributed by atoms with Crippen LogP contribution in [-0.4, -0.2) is 14.2 Å². The van der Waals surface area contributed by atoms with Gasteiger partial charge in [-0.15, -0.1) is 0 Å². The van der Waals surface area contributed by atoms with Crippen molar-refractivity contribution < 1.29 is 13.5 Å². The Morgan fingerprint density at radius 1 is 1.05 bits per heavy atom. The predicted molar refractivity (Wildman–Crippen MR) is 75.8 cm³/mol. The first-order chi connectivity index (χ1) is 9.56. The third kappa shape index (κ3) is 2.80. The molecule has 2 nitrogen and oxygen atoms in total. The van der Waals surface area contributed by atoms with Gasteiger partial charge in [0.05, 0.1) is 7.11 Å². The molecule has 0 heterocycles. The Morgan fingerprint density at radius 2 is 1.80 bits per heavy atom. The minimum Gasteiger partial charge on any atom is -0.497 e. The number of ether oxygens (including phenoxy) is 1. The maximum atomic E-state index is 14.2. The van der Waals surface area contributed by atoms with Gasteiger partial charge in [-0.2, -0.15) is 0 Å². The summed E-state index contributed by atoms with van der Waals surface area (Å²) in [6, 6.07) is 8.98. The molecule has 0 bridgehead atoms. The summed E-state index contributed by atoms with van der Waals surface area (Å²) in [5.74, 6) is -0.382. The fourth-order valence-electron chi connectivity index (χ4n) is 2.14. The van der Waals surface area contributed by atoms with E-state index in [4.69, 9.17) is 4.74 Å². The molecule has 0 aliphatic carbocycles. The Kier molecular flexibility index (Phi) is 4.35. The van der Waals surface area contributed by atoms with Gasteiger partial charge in [0, 0.05) is 17.7 Å². The Labute approximate surface area is 117 Å². The standard InChI is InChI=1S/C16H17F2NO/c1-10(19-2)13-6-4-11(17)8-15(13)14-7-5-12(20-3)9-16(14)18/h4-10,19H,1-3H3. The molecule has 0 saturated heterocycles. The average molecular weight is 277 g/mol. The highest BCUT2D eigenvalue weighted by molar-refractivity contribution is 5.69. The van der Waals surface area contributed by atoms with Crippen LogP contribution in [0.3, 0.4) is 0 Å². The van der Waals surface area contributed by atoms with Crippen molar-refractivity contribution in [2.75, 3.05) is 14.2 Å². The van der Waals surface area contributed by atoms with E-state index in [-0.39, 0.29) is 11.9 Å². The van der Waals surface area contributed by atoms with E-state index in [1.165, 1.54) is 25.3 Å². The Balaban J connectivity index is 2.59. The van der Waals surface area contributed by atoms with E-state index in [0.29, 0.717) is 16.9 Å². The van der Waals surface area contributed by atoms with E-state index < -0.39 is 5.82 Å². The van der Waals surface area contributed by atoms with Crippen molar-refractivity contribution in [2.24, 2.45) is 0 Å². The molecular weight excluding hydrogens is 260 g/mol. The molecule has 1 unspecified atom stereocenters. The summed E-state index contributed by atoms with van der Waals surface area (Å²) in [5.41, 5.74) is 1.76. The highest BCUT2D eigenvalue weighted by atomic mass is 19.1. The first-order valence-electron chi connectivity index (χ1n) is 6.37. The van der Waals surface area contributed by atoms with Gasteiger partial charge in [0.2, 0.25) is 0 Å². The maximum absolute atomic E-state index is 14.2. The van der Waals surface area contributed by atoms with Crippen LogP contribution < -0.4 is 10.1 Å². The predicted octanol–water partition coefficient (Wildman–Crippen LogP) is 3.92. The highest BCUT2D eigenvalue weighted by Gasteiger charge is 2.15. The number of benzene rings is 2. The number of halogens is 2. The molecular formula is C16H17F2NO. The van der Waals surface area contributed by atoms with Gasteiger partial charge in [-0.3, -0.25) is 0 Å². The van der Waals surface area contributed by atoms with Crippen LogP contribution in [0.15, 0.2) is 36.4 Å². The van der Waals surface area contributed by atoms with Crippen molar-refractivity contribution >= 4 is 0 Å². The molecule has 1 atom stereocenters. The second kappa shape index (κ2) is 6.01. The van der Waals surface area contributed by atoms with Crippen LogP contribution in [0, 0.1) is 11.6 Å². The smallest absolute Gasteiger partial charge is 0.134 e. The van der Waals surface area contributed by atoms with Crippen LogP contribution in [0.2, 0.25) is 0 Å². The van der Waals surface area contributed by atoms with Gasteiger partial charge in [-0.25, -0.2) is 8.78 Å². The molecule has 0 spiro atoms. The summed E-state index contributed by atoms with van der Waals surface area (Å²) in [6.07, 6.45) is 0. The summed E-state index contributed by atoms with van der Waals surface area (Å²) in [5, 5.41) is 3.08. The fraction of sp³-hybridized carbons (Fsp3) is 0.250. The SMILES string of the molecule is CNC(C)c1ccc(F)cc1-c1ccc(OC)cc1F. The number of hydrogen-bond acceptors (Lipinski definition) is 2. The van der Waals surface area contributed by atoms with Crippen molar-refractivity contribution in [1.82, 2.24) is 5.32 Å². The number of methoxy groups -OCH3 is 1. The second-order valence-corrected chi connectivity index (χ2v) is 4.59. The molecule has 0 fully saturated rings. The molecule has 2 aromatic carbocycles. The van der Waals surface area contributed by atoms with Crippen molar-refractivity contribution in [3.05, 3.63) is 53.6 Å². The molecule has 0 amide bonds. The van der Waals surface area contributed by atoms with Gasteiger partial charge in [0.15, 0.2) is 0 Å². The lowest BCUT2D eigenvalue weighted by atomic mass is 9.95. The van der Waals surface area contributed by atoms with E-state index in [1.54, 1.807) is 18.2 Å². The molecule has 4 heteroatoms. The van der Waals surface area contributed by atoms with Crippen molar-refractivity contribution in [2.45, 2.75) is 13.0 Å². The lowest BCUT2D eigenvalue weighted by Crippen LogP contribution is -2.13. The van der Waals surface area contributed by atoms with Crippen LogP contribution in [-0.2, 0) is 0 Å². The molecule has 0 saturated carbocycles. The monoisotopic (exact) mass is 277 g/mol. The van der Waals surface area contributed by atoms with Crippen LogP contribution in [0.4, 0.5) is 8.78 Å². The quantitative estimate of drug-likeness (QED) is 0.914. The molecule has 106 valence electrons. The van der Waals surface area contributed by atoms with Gasteiger partial charge >= 0.3 is 0 Å². The molecule has 20 heavy (non-hydrogen) atoms. The molecule has 2 rings (SSSR count). The zero-order valence-electron chi connectivity index (χ0n) is 11.7. The molecule has 0 radical (unpaired) electrons. The largest absolute Gasteiger partial charge is 0.497 e. The minimum absolute atomic E-state index is 0.00731. The van der Waals surface area contributed by atoms with Gasteiger partial charge in [0.25, 0.3) is 0 Å². The maximum Gasteiger partial charge on any atom is 0.134 e. The van der Waals surface area contributed by atoms with E-state index in [2.05, 4.69) is 5.32 Å². The Bertz CT molecular complexity index is 613. The van der Waals surface area contributed by atoms with Crippen LogP contribution >= 0.6 is 0 Å². The minimum atomic E-state index is -0.431. The summed E-state index contributed by atoms with van der Waals surface area (Å²) >= 11 is 0. The van der Waals surface area contributed by atoms with Crippen molar-refractivity contribution in [3.63, 3.8) is 0 Å². The van der Waals surface area contributed by atoms with Crippen molar-refractivity contribution in [3.8, 4) is 16.9 Å². The zero-order valence-corrected chi connectivity index (χ0v) is 11.7. The Hall–Kier alpha value is -1.94. The lowest BCUT2D eigenvalue weighted by molar-refractivity contribution is 0.411. The summed E-state index contributed by atoms with van der Waals surface area (Å²) in [7, 11) is 3.29. The third-order valence-corrected chi connectivity index (χ3v) is 3.38. The summed E-state index contributed by atoms with van der Waals surface area (Å²) in [4.78, 5) is 0. The fourth-order valence-corrected chi connectivity index (χ4v) is 2.14. The molecule has 0 aliphatic rings. The third-order valence-electron chi connectivity index (χ3n) is 3.38. The van der Waals surface area contributed by atoms with Gasteiger partial charge in [0.1, 0.15) is 17.4 Å². The molecule has 0 aliphatic heterocycles. The van der Waals surface area contributed by atoms with Crippen LogP contribution in [0.25, 0.3) is 11.1 Å². The van der Waals surface area contributed by atoms with Crippen LogP contribution in [0.1, 0.15) is 18.5 Å². The first-order valence-corrected chi connectivity index (χ1v) is 6.37. The lowest BCUT2D eigenvalue weighted by Gasteiger charge is -2.17. The normalized spacial score (nSPS) is 12.2. The van der Waals surface area contributed by atoms with E-state index in [9.17, 15) is 8.78 Å². The number of rotatable bonds is 4. The highest BCUT2D eigenvalue weighted by Crippen LogP contribution is 2.32. The van der Waals surface area contributed by atoms with E-state index >= 15 is 0 Å². The first kappa shape index (κ1) is 14.5. The molecule has 2 aromatic rings. The molecule has 1 N–H and O–H groups in total.